The summed E-state index contributed by atoms with van der Waals surface area (Å²) in [5, 5.41) is 2.93. The average molecular weight is 453 g/mol. The number of carbonyl (C=O) groups excluding carboxylic acids is 1. The number of rotatable bonds is 7. The molecular formula is C25H32N4O4. The van der Waals surface area contributed by atoms with Gasteiger partial charge in [0.15, 0.2) is 5.58 Å². The lowest BCUT2D eigenvalue weighted by Gasteiger charge is -2.35. The van der Waals surface area contributed by atoms with E-state index in [1.54, 1.807) is 22.8 Å². The van der Waals surface area contributed by atoms with Gasteiger partial charge in [-0.3, -0.25) is 14.3 Å². The molecule has 0 radical (unpaired) electrons. The quantitative estimate of drug-likeness (QED) is 0.594. The summed E-state index contributed by atoms with van der Waals surface area (Å²) in [6.45, 7) is 8.06. The Morgan fingerprint density at radius 3 is 2.45 bits per heavy atom. The zero-order valence-corrected chi connectivity index (χ0v) is 19.7. The summed E-state index contributed by atoms with van der Waals surface area (Å²) >= 11 is 0. The zero-order valence-electron chi connectivity index (χ0n) is 19.7. The maximum Gasteiger partial charge on any atom is 0.419 e. The van der Waals surface area contributed by atoms with Gasteiger partial charge in [-0.25, -0.2) is 4.79 Å². The van der Waals surface area contributed by atoms with Gasteiger partial charge in [-0.05, 0) is 63.8 Å². The molecule has 33 heavy (non-hydrogen) atoms. The van der Waals surface area contributed by atoms with Crippen molar-refractivity contribution in [1.82, 2.24) is 14.4 Å². The third kappa shape index (κ3) is 5.71. The van der Waals surface area contributed by atoms with Gasteiger partial charge in [0, 0.05) is 44.0 Å². The summed E-state index contributed by atoms with van der Waals surface area (Å²) in [6, 6.07) is 12.9. The number of aromatic nitrogens is 1. The third-order valence-corrected chi connectivity index (χ3v) is 5.81. The number of fused-ring (bicyclic) bond motifs is 1. The second-order valence-corrected chi connectivity index (χ2v) is 9.11. The van der Waals surface area contributed by atoms with Crippen LogP contribution < -0.4 is 11.1 Å². The summed E-state index contributed by atoms with van der Waals surface area (Å²) in [5.74, 6) is -0.588. The standard InChI is InChI=1S/C25H32N4O4/c1-17-14-28(15-18(2)32-17)16-19-5-7-20(8-6-19)24(30)26-21-9-10-23-22(13-21)29(25(31)33-23)12-11-27(3)4/h5-10,13,17-18H,11-12,14-16H2,1-4H3,(H,26,30). The van der Waals surface area contributed by atoms with Crippen LogP contribution in [-0.2, 0) is 17.8 Å². The number of hydrogen-bond donors (Lipinski definition) is 1. The van der Waals surface area contributed by atoms with Gasteiger partial charge < -0.3 is 19.4 Å². The second-order valence-electron chi connectivity index (χ2n) is 9.11. The van der Waals surface area contributed by atoms with Crippen molar-refractivity contribution in [2.24, 2.45) is 0 Å². The van der Waals surface area contributed by atoms with Gasteiger partial charge in [0.25, 0.3) is 5.91 Å². The number of ether oxygens (including phenoxy) is 1. The number of carbonyl (C=O) groups is 1. The topological polar surface area (TPSA) is 80.0 Å². The Morgan fingerprint density at radius 1 is 1.09 bits per heavy atom. The first-order valence-corrected chi connectivity index (χ1v) is 11.3. The minimum absolute atomic E-state index is 0.194. The first-order valence-electron chi connectivity index (χ1n) is 11.3. The van der Waals surface area contributed by atoms with Crippen molar-refractivity contribution >= 4 is 22.7 Å². The SMILES string of the molecule is CC1CN(Cc2ccc(C(=O)Nc3ccc4oc(=O)n(CCN(C)C)c4c3)cc2)CC(C)O1. The minimum Gasteiger partial charge on any atom is -0.408 e. The number of amides is 1. The summed E-state index contributed by atoms with van der Waals surface area (Å²) in [7, 11) is 3.90. The van der Waals surface area contributed by atoms with Crippen molar-refractivity contribution in [3.05, 3.63) is 64.1 Å². The third-order valence-electron chi connectivity index (χ3n) is 5.81. The number of morpholine rings is 1. The Hall–Kier alpha value is -2.94. The Labute approximate surface area is 193 Å². The first kappa shape index (κ1) is 23.2. The van der Waals surface area contributed by atoms with Gasteiger partial charge in [-0.1, -0.05) is 12.1 Å². The fraction of sp³-hybridized carbons (Fsp3) is 0.440. The zero-order chi connectivity index (χ0) is 23.5. The molecule has 1 saturated heterocycles. The predicted octanol–water partition coefficient (Wildman–Crippen LogP) is 3.02. The lowest BCUT2D eigenvalue weighted by Crippen LogP contribution is -2.44. The van der Waals surface area contributed by atoms with Crippen LogP contribution in [0.2, 0.25) is 0 Å². The van der Waals surface area contributed by atoms with Crippen molar-refractivity contribution in [3.8, 4) is 0 Å². The molecule has 0 bridgehead atoms. The van der Waals surface area contributed by atoms with Crippen molar-refractivity contribution in [1.29, 1.82) is 0 Å². The normalized spacial score (nSPS) is 19.3. The Balaban J connectivity index is 1.43. The maximum absolute atomic E-state index is 12.8. The molecular weight excluding hydrogens is 420 g/mol. The van der Waals surface area contributed by atoms with E-state index in [9.17, 15) is 9.59 Å². The van der Waals surface area contributed by atoms with E-state index in [1.807, 2.05) is 43.3 Å². The van der Waals surface area contributed by atoms with Gasteiger partial charge >= 0.3 is 5.76 Å². The maximum atomic E-state index is 12.8. The number of likely N-dealkylation sites (N-methyl/N-ethyl adjacent to an activating group) is 1. The molecule has 1 aromatic heterocycles. The van der Waals surface area contributed by atoms with Gasteiger partial charge in [0.05, 0.1) is 17.7 Å². The van der Waals surface area contributed by atoms with E-state index in [4.69, 9.17) is 9.15 Å². The molecule has 2 atom stereocenters. The molecule has 1 aliphatic heterocycles. The van der Waals surface area contributed by atoms with E-state index in [-0.39, 0.29) is 18.1 Å². The van der Waals surface area contributed by atoms with Gasteiger partial charge in [-0.2, -0.15) is 0 Å². The summed E-state index contributed by atoms with van der Waals surface area (Å²) < 4.78 is 12.7. The molecule has 4 rings (SSSR count). The molecule has 176 valence electrons. The van der Waals surface area contributed by atoms with Crippen LogP contribution in [0.15, 0.2) is 51.7 Å². The largest absolute Gasteiger partial charge is 0.419 e. The molecule has 0 aliphatic carbocycles. The number of benzene rings is 2. The summed E-state index contributed by atoms with van der Waals surface area (Å²) in [4.78, 5) is 29.4. The molecule has 1 fully saturated rings. The molecule has 1 N–H and O–H groups in total. The van der Waals surface area contributed by atoms with Crippen molar-refractivity contribution in [2.75, 3.05) is 39.0 Å². The van der Waals surface area contributed by atoms with E-state index >= 15 is 0 Å². The molecule has 3 aromatic rings. The van der Waals surface area contributed by atoms with Crippen LogP contribution in [0.5, 0.6) is 0 Å². The molecule has 2 heterocycles. The minimum atomic E-state index is -0.394. The van der Waals surface area contributed by atoms with Crippen molar-refractivity contribution in [3.63, 3.8) is 0 Å². The molecule has 2 aromatic carbocycles. The predicted molar refractivity (Wildman–Crippen MR) is 129 cm³/mol. The van der Waals surface area contributed by atoms with Crippen LogP contribution in [0.25, 0.3) is 11.1 Å². The van der Waals surface area contributed by atoms with Gasteiger partial charge in [0.1, 0.15) is 0 Å². The Kier molecular flexibility index (Phi) is 6.97. The Bertz CT molecular complexity index is 1160. The first-order chi connectivity index (χ1) is 15.8. The molecule has 1 amide bonds. The molecule has 0 spiro atoms. The molecule has 2 unspecified atom stereocenters. The van der Waals surface area contributed by atoms with E-state index in [2.05, 4.69) is 24.1 Å². The van der Waals surface area contributed by atoms with E-state index in [1.165, 1.54) is 0 Å². The number of nitrogens with zero attached hydrogens (tertiary/aromatic N) is 3. The summed E-state index contributed by atoms with van der Waals surface area (Å²) in [5.41, 5.74) is 3.54. The highest BCUT2D eigenvalue weighted by Crippen LogP contribution is 2.20. The van der Waals surface area contributed by atoms with Crippen LogP contribution in [0.4, 0.5) is 5.69 Å². The number of oxazole rings is 1. The average Bonchev–Trinajstić information content (AvgIpc) is 3.06. The number of anilines is 1. The van der Waals surface area contributed by atoms with Gasteiger partial charge in [0.2, 0.25) is 0 Å². The highest BCUT2D eigenvalue weighted by molar-refractivity contribution is 6.04. The molecule has 8 nitrogen and oxygen atoms in total. The van der Waals surface area contributed by atoms with Crippen molar-refractivity contribution in [2.45, 2.75) is 39.1 Å². The lowest BCUT2D eigenvalue weighted by molar-refractivity contribution is -0.0704. The lowest BCUT2D eigenvalue weighted by atomic mass is 10.1. The molecule has 0 saturated carbocycles. The van der Waals surface area contributed by atoms with E-state index in [0.29, 0.717) is 35.4 Å². The van der Waals surface area contributed by atoms with Crippen LogP contribution >= 0.6 is 0 Å². The van der Waals surface area contributed by atoms with Crippen molar-refractivity contribution < 1.29 is 13.9 Å². The van der Waals surface area contributed by atoms with E-state index in [0.717, 1.165) is 25.2 Å². The van der Waals surface area contributed by atoms with E-state index < -0.39 is 5.76 Å². The number of hydrogen-bond acceptors (Lipinski definition) is 6. The monoisotopic (exact) mass is 452 g/mol. The van der Waals surface area contributed by atoms with Gasteiger partial charge in [-0.15, -0.1) is 0 Å². The number of nitrogens with one attached hydrogen (secondary N) is 1. The highest BCUT2D eigenvalue weighted by Gasteiger charge is 2.22. The van der Waals surface area contributed by atoms with Crippen LogP contribution in [0.1, 0.15) is 29.8 Å². The Morgan fingerprint density at radius 2 is 1.79 bits per heavy atom. The molecule has 8 heteroatoms. The summed E-state index contributed by atoms with van der Waals surface area (Å²) in [6.07, 6.45) is 0.455. The van der Waals surface area contributed by atoms with Crippen LogP contribution in [-0.4, -0.2) is 66.2 Å². The molecule has 1 aliphatic rings. The fourth-order valence-electron chi connectivity index (χ4n) is 4.29. The van der Waals surface area contributed by atoms with Crippen LogP contribution in [0, 0.1) is 0 Å². The second kappa shape index (κ2) is 9.91. The highest BCUT2D eigenvalue weighted by atomic mass is 16.5. The smallest absolute Gasteiger partial charge is 0.408 e. The van der Waals surface area contributed by atoms with Crippen LogP contribution in [0.3, 0.4) is 0 Å². The fourth-order valence-corrected chi connectivity index (χ4v) is 4.29.